The van der Waals surface area contributed by atoms with E-state index in [9.17, 15) is 4.79 Å². The molecule has 0 bridgehead atoms. The Morgan fingerprint density at radius 1 is 0.969 bits per heavy atom. The van der Waals surface area contributed by atoms with Gasteiger partial charge in [0.2, 0.25) is 0 Å². The molecule has 5 nitrogen and oxygen atoms in total. The fourth-order valence-electron chi connectivity index (χ4n) is 4.89. The van der Waals surface area contributed by atoms with Crippen LogP contribution in [0.2, 0.25) is 0 Å². The van der Waals surface area contributed by atoms with Gasteiger partial charge in [-0.25, -0.2) is 4.79 Å². The van der Waals surface area contributed by atoms with E-state index in [1.54, 1.807) is 0 Å². The first-order valence-electron chi connectivity index (χ1n) is 11.4. The molecule has 1 amide bonds. The molecule has 0 spiro atoms. The van der Waals surface area contributed by atoms with Crippen LogP contribution in [-0.2, 0) is 24.2 Å². The molecule has 1 fully saturated rings. The SMILES string of the molecule is Cc1ccc2c(c1)CCc1cccnc1C2N1CCN(C(=O)OCc2ccccc2)CC1. The summed E-state index contributed by atoms with van der Waals surface area (Å²) >= 11 is 0. The molecular formula is C27H29N3O2. The monoisotopic (exact) mass is 427 g/mol. The third kappa shape index (κ3) is 4.26. The Labute approximate surface area is 189 Å². The van der Waals surface area contributed by atoms with Crippen molar-refractivity contribution >= 4 is 6.09 Å². The van der Waals surface area contributed by atoms with E-state index in [1.807, 2.05) is 47.5 Å². The largest absolute Gasteiger partial charge is 0.445 e. The molecule has 2 heterocycles. The van der Waals surface area contributed by atoms with E-state index >= 15 is 0 Å². The highest BCUT2D eigenvalue weighted by Gasteiger charge is 2.33. The second kappa shape index (κ2) is 9.13. The first-order chi connectivity index (χ1) is 15.7. The van der Waals surface area contributed by atoms with E-state index in [4.69, 9.17) is 9.72 Å². The van der Waals surface area contributed by atoms with Crippen LogP contribution in [0.1, 0.15) is 39.6 Å². The highest BCUT2D eigenvalue weighted by atomic mass is 16.6. The third-order valence-corrected chi connectivity index (χ3v) is 6.58. The summed E-state index contributed by atoms with van der Waals surface area (Å²) in [4.78, 5) is 21.7. The minimum absolute atomic E-state index is 0.131. The highest BCUT2D eigenvalue weighted by molar-refractivity contribution is 5.67. The molecule has 1 unspecified atom stereocenters. The number of pyridine rings is 1. The van der Waals surface area contributed by atoms with Crippen molar-refractivity contribution in [3.8, 4) is 0 Å². The van der Waals surface area contributed by atoms with Gasteiger partial charge in [-0.15, -0.1) is 0 Å². The van der Waals surface area contributed by atoms with Gasteiger partial charge in [0, 0.05) is 32.4 Å². The maximum atomic E-state index is 12.6. The lowest BCUT2D eigenvalue weighted by Gasteiger charge is -2.39. The number of fused-ring (bicyclic) bond motifs is 2. The summed E-state index contributed by atoms with van der Waals surface area (Å²) in [7, 11) is 0. The van der Waals surface area contributed by atoms with Crippen LogP contribution in [0.15, 0.2) is 66.9 Å². The van der Waals surface area contributed by atoms with Crippen LogP contribution >= 0.6 is 0 Å². The molecule has 1 aliphatic carbocycles. The van der Waals surface area contributed by atoms with Gasteiger partial charge in [0.25, 0.3) is 0 Å². The zero-order chi connectivity index (χ0) is 21.9. The van der Waals surface area contributed by atoms with Gasteiger partial charge >= 0.3 is 6.09 Å². The maximum absolute atomic E-state index is 12.6. The van der Waals surface area contributed by atoms with Gasteiger partial charge in [0.05, 0.1) is 11.7 Å². The van der Waals surface area contributed by atoms with Crippen LogP contribution in [-0.4, -0.2) is 47.1 Å². The smallest absolute Gasteiger partial charge is 0.410 e. The molecule has 1 aliphatic heterocycles. The van der Waals surface area contributed by atoms with Crippen LogP contribution in [0.5, 0.6) is 0 Å². The maximum Gasteiger partial charge on any atom is 0.410 e. The minimum Gasteiger partial charge on any atom is -0.445 e. The number of nitrogens with zero attached hydrogens (tertiary/aromatic N) is 3. The van der Waals surface area contributed by atoms with Gasteiger partial charge in [0.1, 0.15) is 6.61 Å². The predicted octanol–water partition coefficient (Wildman–Crippen LogP) is 4.53. The van der Waals surface area contributed by atoms with Crippen LogP contribution in [0.3, 0.4) is 0 Å². The fourth-order valence-corrected chi connectivity index (χ4v) is 4.89. The number of aromatic nitrogens is 1. The zero-order valence-corrected chi connectivity index (χ0v) is 18.5. The van der Waals surface area contributed by atoms with Crippen LogP contribution in [0, 0.1) is 6.92 Å². The third-order valence-electron chi connectivity index (χ3n) is 6.58. The number of carbonyl (C=O) groups is 1. The molecule has 2 aliphatic rings. The van der Waals surface area contributed by atoms with Gasteiger partial charge < -0.3 is 9.64 Å². The summed E-state index contributed by atoms with van der Waals surface area (Å²) in [5.41, 5.74) is 7.57. The van der Waals surface area contributed by atoms with E-state index in [-0.39, 0.29) is 12.1 Å². The second-order valence-electron chi connectivity index (χ2n) is 8.72. The zero-order valence-electron chi connectivity index (χ0n) is 18.5. The van der Waals surface area contributed by atoms with Crippen molar-refractivity contribution in [3.63, 3.8) is 0 Å². The summed E-state index contributed by atoms with van der Waals surface area (Å²) in [5.74, 6) is 0. The number of rotatable bonds is 3. The van der Waals surface area contributed by atoms with Crippen molar-refractivity contribution in [2.24, 2.45) is 0 Å². The number of hydrogen-bond donors (Lipinski definition) is 0. The van der Waals surface area contributed by atoms with E-state index < -0.39 is 0 Å². The lowest BCUT2D eigenvalue weighted by molar-refractivity contribution is 0.0640. The number of carbonyl (C=O) groups excluding carboxylic acids is 1. The van der Waals surface area contributed by atoms with Crippen molar-refractivity contribution in [1.82, 2.24) is 14.8 Å². The van der Waals surface area contributed by atoms with Gasteiger partial charge in [-0.05, 0) is 48.1 Å². The molecule has 0 saturated carbocycles. The van der Waals surface area contributed by atoms with Crippen molar-refractivity contribution in [3.05, 3.63) is 100 Å². The molecular weight excluding hydrogens is 398 g/mol. The number of piperazine rings is 1. The molecule has 0 radical (unpaired) electrons. The summed E-state index contributed by atoms with van der Waals surface area (Å²) < 4.78 is 5.55. The van der Waals surface area contributed by atoms with E-state index in [0.29, 0.717) is 19.7 Å². The van der Waals surface area contributed by atoms with Crippen molar-refractivity contribution in [2.75, 3.05) is 26.2 Å². The topological polar surface area (TPSA) is 45.7 Å². The molecule has 164 valence electrons. The Balaban J connectivity index is 1.31. The van der Waals surface area contributed by atoms with Crippen LogP contribution in [0.4, 0.5) is 4.79 Å². The molecule has 1 saturated heterocycles. The van der Waals surface area contributed by atoms with Crippen molar-refractivity contribution < 1.29 is 9.53 Å². The predicted molar refractivity (Wildman–Crippen MR) is 124 cm³/mol. The average molecular weight is 428 g/mol. The standard InChI is InChI=1S/C27H29N3O2/c1-20-9-12-24-23(18-20)11-10-22-8-5-13-28-25(22)26(24)29-14-16-30(17-15-29)27(31)32-19-21-6-3-2-4-7-21/h2-9,12-13,18,26H,10-11,14-17,19H2,1H3. The van der Waals surface area contributed by atoms with Gasteiger partial charge in [-0.2, -0.15) is 0 Å². The number of ether oxygens (including phenoxy) is 1. The molecule has 32 heavy (non-hydrogen) atoms. The minimum atomic E-state index is -0.232. The van der Waals surface area contributed by atoms with Gasteiger partial charge in [-0.1, -0.05) is 60.2 Å². The first-order valence-corrected chi connectivity index (χ1v) is 11.4. The number of benzene rings is 2. The van der Waals surface area contributed by atoms with Crippen molar-refractivity contribution in [2.45, 2.75) is 32.4 Å². The van der Waals surface area contributed by atoms with E-state index in [2.05, 4.69) is 36.1 Å². The normalized spacial score (nSPS) is 18.4. The summed E-state index contributed by atoms with van der Waals surface area (Å²) in [6, 6.07) is 21.0. The number of aryl methyl sites for hydroxylation is 3. The van der Waals surface area contributed by atoms with Gasteiger partial charge in [-0.3, -0.25) is 9.88 Å². The number of hydrogen-bond acceptors (Lipinski definition) is 4. The average Bonchev–Trinajstić information content (AvgIpc) is 3.00. The molecule has 1 aromatic heterocycles. The van der Waals surface area contributed by atoms with E-state index in [0.717, 1.165) is 37.2 Å². The molecule has 2 aromatic carbocycles. The quantitative estimate of drug-likeness (QED) is 0.616. The van der Waals surface area contributed by atoms with Gasteiger partial charge in [0.15, 0.2) is 0 Å². The fraction of sp³-hybridized carbons (Fsp3) is 0.333. The summed E-state index contributed by atoms with van der Waals surface area (Å²) in [6.45, 7) is 5.39. The van der Waals surface area contributed by atoms with Crippen LogP contribution < -0.4 is 0 Å². The Hall–Kier alpha value is -3.18. The Bertz CT molecular complexity index is 1090. The lowest BCUT2D eigenvalue weighted by Crippen LogP contribution is -2.50. The lowest BCUT2D eigenvalue weighted by atomic mass is 9.94. The summed E-state index contributed by atoms with van der Waals surface area (Å²) in [6.07, 6.45) is 3.73. The van der Waals surface area contributed by atoms with Crippen LogP contribution in [0.25, 0.3) is 0 Å². The highest BCUT2D eigenvalue weighted by Crippen LogP contribution is 2.36. The molecule has 1 atom stereocenters. The first kappa shape index (κ1) is 20.7. The summed E-state index contributed by atoms with van der Waals surface area (Å²) in [5, 5.41) is 0. The second-order valence-corrected chi connectivity index (χ2v) is 8.72. The van der Waals surface area contributed by atoms with E-state index in [1.165, 1.54) is 22.3 Å². The number of amides is 1. The molecule has 5 rings (SSSR count). The molecule has 0 N–H and O–H groups in total. The Morgan fingerprint density at radius 2 is 1.75 bits per heavy atom. The Kier molecular flexibility index (Phi) is 5.91. The Morgan fingerprint density at radius 3 is 2.56 bits per heavy atom. The van der Waals surface area contributed by atoms with Crippen molar-refractivity contribution in [1.29, 1.82) is 0 Å². The molecule has 3 aromatic rings. The molecule has 5 heteroatoms.